The van der Waals surface area contributed by atoms with Crippen LogP contribution < -0.4 is 19.7 Å². The highest BCUT2D eigenvalue weighted by Gasteiger charge is 2.35. The molecule has 0 unspecified atom stereocenters. The first-order chi connectivity index (χ1) is 15.2. The van der Waals surface area contributed by atoms with E-state index in [9.17, 15) is 9.59 Å². The molecule has 0 radical (unpaired) electrons. The van der Waals surface area contributed by atoms with Gasteiger partial charge in [-0.3, -0.25) is 9.59 Å². The minimum Gasteiger partial charge on any atom is -0.454 e. The van der Waals surface area contributed by atoms with Crippen LogP contribution in [0.1, 0.15) is 17.5 Å². The number of anilines is 1. The summed E-state index contributed by atoms with van der Waals surface area (Å²) in [5.41, 5.74) is 2.88. The van der Waals surface area contributed by atoms with E-state index in [4.69, 9.17) is 9.47 Å². The minimum atomic E-state index is -0.390. The topological polar surface area (TPSA) is 85.7 Å². The molecule has 0 spiro atoms. The molecule has 3 heterocycles. The molecule has 2 amide bonds. The lowest BCUT2D eigenvalue weighted by Gasteiger charge is -2.17. The van der Waals surface area contributed by atoms with Gasteiger partial charge in [-0.2, -0.15) is 0 Å². The number of benzene rings is 2. The van der Waals surface area contributed by atoms with E-state index < -0.39 is 5.92 Å². The van der Waals surface area contributed by atoms with Crippen molar-refractivity contribution in [3.8, 4) is 11.5 Å². The van der Waals surface area contributed by atoms with Crippen molar-refractivity contribution in [2.24, 2.45) is 5.92 Å². The largest absolute Gasteiger partial charge is 0.454 e. The van der Waals surface area contributed by atoms with Crippen LogP contribution in [0.25, 0.3) is 0 Å². The molecule has 158 valence electrons. The lowest BCUT2D eigenvalue weighted by atomic mass is 10.1. The fraction of sp³-hybridized carbons (Fsp3) is 0.261. The van der Waals surface area contributed by atoms with E-state index in [0.717, 1.165) is 16.8 Å². The molecule has 5 rings (SSSR count). The van der Waals surface area contributed by atoms with Crippen molar-refractivity contribution in [2.45, 2.75) is 19.5 Å². The average molecular weight is 418 g/mol. The zero-order valence-corrected chi connectivity index (χ0v) is 16.9. The highest BCUT2D eigenvalue weighted by atomic mass is 16.7. The summed E-state index contributed by atoms with van der Waals surface area (Å²) in [6.07, 6.45) is 5.61. The predicted molar refractivity (Wildman–Crippen MR) is 113 cm³/mol. The molecule has 2 aliphatic heterocycles. The Balaban J connectivity index is 1.22. The Morgan fingerprint density at radius 3 is 2.81 bits per heavy atom. The molecule has 0 saturated carbocycles. The van der Waals surface area contributed by atoms with E-state index >= 15 is 0 Å². The van der Waals surface area contributed by atoms with Gasteiger partial charge in [-0.15, -0.1) is 0 Å². The minimum absolute atomic E-state index is 0.0699. The normalized spacial score (nSPS) is 17.2. The van der Waals surface area contributed by atoms with Gasteiger partial charge in [0.05, 0.1) is 12.2 Å². The first-order valence-corrected chi connectivity index (χ1v) is 10.2. The summed E-state index contributed by atoms with van der Waals surface area (Å²) < 4.78 is 12.7. The number of carbonyl (C=O) groups is 2. The van der Waals surface area contributed by atoms with Crippen molar-refractivity contribution in [3.05, 3.63) is 72.3 Å². The molecular weight excluding hydrogens is 396 g/mol. The van der Waals surface area contributed by atoms with Crippen LogP contribution in [-0.2, 0) is 22.7 Å². The Kier molecular flexibility index (Phi) is 5.03. The number of hydrogen-bond donors (Lipinski definition) is 1. The van der Waals surface area contributed by atoms with Crippen molar-refractivity contribution in [2.75, 3.05) is 18.2 Å². The Bertz CT molecular complexity index is 1110. The second-order valence-electron chi connectivity index (χ2n) is 7.66. The number of imidazole rings is 1. The van der Waals surface area contributed by atoms with E-state index in [-0.39, 0.29) is 25.0 Å². The number of carbonyl (C=O) groups excluding carboxylic acids is 2. The standard InChI is InChI=1S/C23H22N4O4/c28-22-9-18(13-27(22)19-5-6-20-21(10-19)31-15-30-20)23(29)25-11-16-3-1-2-4-17(16)12-26-8-7-24-14-26/h1-8,10,14,18H,9,11-13,15H2,(H,25,29)/t18-/m0/s1. The van der Waals surface area contributed by atoms with Crippen LogP contribution in [0.15, 0.2) is 61.2 Å². The second kappa shape index (κ2) is 8.14. The Labute approximate surface area is 179 Å². The number of nitrogens with zero attached hydrogens (tertiary/aromatic N) is 3. The van der Waals surface area contributed by atoms with Crippen molar-refractivity contribution in [1.82, 2.24) is 14.9 Å². The van der Waals surface area contributed by atoms with Gasteiger partial charge in [0.2, 0.25) is 18.6 Å². The van der Waals surface area contributed by atoms with Gasteiger partial charge >= 0.3 is 0 Å². The molecule has 3 aromatic rings. The fourth-order valence-electron chi connectivity index (χ4n) is 3.97. The summed E-state index contributed by atoms with van der Waals surface area (Å²) in [5, 5.41) is 3.01. The summed E-state index contributed by atoms with van der Waals surface area (Å²) in [4.78, 5) is 31.1. The van der Waals surface area contributed by atoms with Gasteiger partial charge in [-0.1, -0.05) is 24.3 Å². The molecule has 1 aromatic heterocycles. The molecule has 1 fully saturated rings. The fourth-order valence-corrected chi connectivity index (χ4v) is 3.97. The van der Waals surface area contributed by atoms with Crippen LogP contribution in [-0.4, -0.2) is 34.7 Å². The van der Waals surface area contributed by atoms with E-state index in [0.29, 0.717) is 31.1 Å². The smallest absolute Gasteiger partial charge is 0.231 e. The zero-order valence-electron chi connectivity index (χ0n) is 16.9. The van der Waals surface area contributed by atoms with Crippen molar-refractivity contribution < 1.29 is 19.1 Å². The maximum atomic E-state index is 12.8. The van der Waals surface area contributed by atoms with E-state index in [1.54, 1.807) is 29.6 Å². The van der Waals surface area contributed by atoms with E-state index in [1.165, 1.54) is 0 Å². The Hall–Kier alpha value is -3.81. The molecule has 8 nitrogen and oxygen atoms in total. The summed E-state index contributed by atoms with van der Waals surface area (Å²) in [5.74, 6) is 0.707. The van der Waals surface area contributed by atoms with Crippen molar-refractivity contribution in [3.63, 3.8) is 0 Å². The third-order valence-corrected chi connectivity index (χ3v) is 5.65. The lowest BCUT2D eigenvalue weighted by Crippen LogP contribution is -2.32. The maximum Gasteiger partial charge on any atom is 0.231 e. The second-order valence-corrected chi connectivity index (χ2v) is 7.66. The maximum absolute atomic E-state index is 12.8. The van der Waals surface area contributed by atoms with Gasteiger partial charge in [-0.25, -0.2) is 4.98 Å². The average Bonchev–Trinajstić information content (AvgIpc) is 3.53. The third kappa shape index (κ3) is 3.96. The third-order valence-electron chi connectivity index (χ3n) is 5.65. The van der Waals surface area contributed by atoms with Crippen LogP contribution in [0.2, 0.25) is 0 Å². The molecule has 2 aromatic carbocycles. The monoisotopic (exact) mass is 418 g/mol. The van der Waals surface area contributed by atoms with E-state index in [1.807, 2.05) is 41.1 Å². The van der Waals surface area contributed by atoms with Crippen LogP contribution in [0.3, 0.4) is 0 Å². The molecule has 1 saturated heterocycles. The first kappa shape index (κ1) is 19.2. The van der Waals surface area contributed by atoms with Crippen molar-refractivity contribution in [1.29, 1.82) is 0 Å². The first-order valence-electron chi connectivity index (χ1n) is 10.2. The van der Waals surface area contributed by atoms with Crippen LogP contribution in [0.5, 0.6) is 11.5 Å². The number of aromatic nitrogens is 2. The van der Waals surface area contributed by atoms with Gasteiger partial charge in [-0.05, 0) is 23.3 Å². The van der Waals surface area contributed by atoms with Gasteiger partial charge in [0.1, 0.15) is 0 Å². The van der Waals surface area contributed by atoms with Crippen LogP contribution in [0, 0.1) is 5.92 Å². The molecule has 0 aliphatic carbocycles. The Morgan fingerprint density at radius 1 is 1.13 bits per heavy atom. The highest BCUT2D eigenvalue weighted by Crippen LogP contribution is 2.37. The zero-order chi connectivity index (χ0) is 21.2. The molecule has 0 bridgehead atoms. The quantitative estimate of drug-likeness (QED) is 0.664. The molecule has 1 N–H and O–H groups in total. The van der Waals surface area contributed by atoms with E-state index in [2.05, 4.69) is 10.3 Å². The molecule has 8 heteroatoms. The van der Waals surface area contributed by atoms with Gasteiger partial charge in [0, 0.05) is 50.2 Å². The number of amides is 2. The molecular formula is C23H22N4O4. The molecule has 31 heavy (non-hydrogen) atoms. The number of hydrogen-bond acceptors (Lipinski definition) is 5. The van der Waals surface area contributed by atoms with Gasteiger partial charge in [0.15, 0.2) is 11.5 Å². The van der Waals surface area contributed by atoms with Crippen molar-refractivity contribution >= 4 is 17.5 Å². The van der Waals surface area contributed by atoms with Crippen LogP contribution >= 0.6 is 0 Å². The Morgan fingerprint density at radius 2 is 1.97 bits per heavy atom. The molecule has 1 atom stereocenters. The number of rotatable bonds is 6. The summed E-state index contributed by atoms with van der Waals surface area (Å²) in [7, 11) is 0. The van der Waals surface area contributed by atoms with Gasteiger partial charge in [0.25, 0.3) is 0 Å². The summed E-state index contributed by atoms with van der Waals surface area (Å²) in [6, 6.07) is 13.4. The van der Waals surface area contributed by atoms with Gasteiger partial charge < -0.3 is 24.3 Å². The lowest BCUT2D eigenvalue weighted by molar-refractivity contribution is -0.126. The summed E-state index contributed by atoms with van der Waals surface area (Å²) in [6.45, 7) is 1.63. The predicted octanol–water partition coefficient (Wildman–Crippen LogP) is 2.33. The van der Waals surface area contributed by atoms with Crippen LogP contribution in [0.4, 0.5) is 5.69 Å². The number of fused-ring (bicyclic) bond motifs is 1. The highest BCUT2D eigenvalue weighted by molar-refractivity contribution is 6.00. The molecule has 2 aliphatic rings. The SMILES string of the molecule is O=C(NCc1ccccc1Cn1ccnc1)[C@H]1CC(=O)N(c2ccc3c(c2)OCO3)C1. The number of ether oxygens (including phenoxy) is 2. The summed E-state index contributed by atoms with van der Waals surface area (Å²) >= 11 is 0. The number of nitrogens with one attached hydrogen (secondary N) is 1.